The first-order chi connectivity index (χ1) is 11.5. The number of rotatable bonds is 5. The number of nitrogens with zero attached hydrogens (tertiary/aromatic N) is 2. The summed E-state index contributed by atoms with van der Waals surface area (Å²) in [6, 6.07) is 4.74. The molecule has 3 rings (SSSR count). The number of hydrogen-bond donors (Lipinski definition) is 2. The summed E-state index contributed by atoms with van der Waals surface area (Å²) in [7, 11) is 0. The maximum Gasteiger partial charge on any atom is 0.325 e. The minimum Gasteiger partial charge on any atom is -0.480 e. The Bertz CT molecular complexity index is 786. The van der Waals surface area contributed by atoms with Gasteiger partial charge in [0.05, 0.1) is 0 Å². The Morgan fingerprint density at radius 2 is 1.96 bits per heavy atom. The number of thioether (sulfide) groups is 1. The van der Waals surface area contributed by atoms with Gasteiger partial charge in [0.15, 0.2) is 0 Å². The minimum atomic E-state index is -0.956. The number of fused-ring (bicyclic) bond motifs is 1. The Hall–Kier alpha value is -1.51. The average Bonchev–Trinajstić information content (AvgIpc) is 2.85. The van der Waals surface area contributed by atoms with Crippen molar-refractivity contribution in [3.8, 4) is 0 Å². The van der Waals surface area contributed by atoms with Crippen molar-refractivity contribution in [2.45, 2.75) is 12.6 Å². The first-order valence-corrected chi connectivity index (χ1v) is 9.47. The van der Waals surface area contributed by atoms with Crippen molar-refractivity contribution in [3.63, 3.8) is 0 Å². The Labute approximate surface area is 151 Å². The Balaban J connectivity index is 2.12. The number of hydrogen-bond acceptors (Lipinski definition) is 4. The number of carbonyl (C=O) groups is 2. The van der Waals surface area contributed by atoms with Gasteiger partial charge in [0.25, 0.3) is 0 Å². The molecule has 0 bridgehead atoms. The highest BCUT2D eigenvalue weighted by Gasteiger charge is 2.31. The predicted octanol–water partition coefficient (Wildman–Crippen LogP) is 2.66. The first-order valence-electron chi connectivity index (χ1n) is 7.52. The molecule has 1 fully saturated rings. The van der Waals surface area contributed by atoms with E-state index in [-0.39, 0.29) is 6.54 Å². The zero-order valence-electron chi connectivity index (χ0n) is 12.8. The van der Waals surface area contributed by atoms with Gasteiger partial charge in [-0.3, -0.25) is 14.5 Å². The molecule has 0 saturated carbocycles. The number of aromatic nitrogens is 1. The van der Waals surface area contributed by atoms with Crippen LogP contribution in [0.3, 0.4) is 0 Å². The SMILES string of the molecule is O=C(O)Cn1cc([C@@H](C(=O)O)N2CCSCC2)c2cc(Br)ccc21. The molecule has 1 aromatic heterocycles. The number of carboxylic acids is 2. The fraction of sp³-hybridized carbons (Fsp3) is 0.375. The molecular weight excluding hydrogens is 396 g/mol. The van der Waals surface area contributed by atoms with E-state index in [0.29, 0.717) is 18.7 Å². The van der Waals surface area contributed by atoms with Gasteiger partial charge < -0.3 is 14.8 Å². The van der Waals surface area contributed by atoms with Crippen LogP contribution in [0.15, 0.2) is 28.9 Å². The molecule has 2 aromatic rings. The topological polar surface area (TPSA) is 82.8 Å². The van der Waals surface area contributed by atoms with Crippen molar-refractivity contribution in [1.82, 2.24) is 9.47 Å². The van der Waals surface area contributed by atoms with Crippen molar-refractivity contribution >= 4 is 50.5 Å². The first kappa shape index (κ1) is 17.3. The second-order valence-electron chi connectivity index (χ2n) is 5.66. The van der Waals surface area contributed by atoms with Crippen LogP contribution in [0.25, 0.3) is 10.9 Å². The van der Waals surface area contributed by atoms with Crippen LogP contribution >= 0.6 is 27.7 Å². The number of benzene rings is 1. The predicted molar refractivity (Wildman–Crippen MR) is 96.5 cm³/mol. The van der Waals surface area contributed by atoms with Gasteiger partial charge in [-0.2, -0.15) is 11.8 Å². The lowest BCUT2D eigenvalue weighted by molar-refractivity contribution is -0.143. The minimum absolute atomic E-state index is 0.194. The largest absolute Gasteiger partial charge is 0.480 e. The Morgan fingerprint density at radius 3 is 2.58 bits per heavy atom. The smallest absolute Gasteiger partial charge is 0.325 e. The zero-order chi connectivity index (χ0) is 17.3. The molecule has 0 radical (unpaired) electrons. The Morgan fingerprint density at radius 1 is 1.25 bits per heavy atom. The summed E-state index contributed by atoms with van der Waals surface area (Å²) in [5, 5.41) is 19.7. The van der Waals surface area contributed by atoms with E-state index in [1.54, 1.807) is 10.8 Å². The quantitative estimate of drug-likeness (QED) is 0.785. The fourth-order valence-corrected chi connectivity index (χ4v) is 4.41. The number of halogens is 1. The van der Waals surface area contributed by atoms with E-state index in [0.717, 1.165) is 26.9 Å². The molecule has 0 aliphatic carbocycles. The molecule has 1 aromatic carbocycles. The zero-order valence-corrected chi connectivity index (χ0v) is 15.2. The highest BCUT2D eigenvalue weighted by atomic mass is 79.9. The standard InChI is InChI=1S/C16H17BrN2O4S/c17-10-1-2-13-11(7-10)12(8-19(13)9-14(20)21)15(16(22)23)18-3-5-24-6-4-18/h1-2,7-8,15H,3-6,9H2,(H,20,21)(H,22,23)/t15-/m0/s1. The lowest BCUT2D eigenvalue weighted by atomic mass is 10.0. The summed E-state index contributed by atoms with van der Waals surface area (Å²) in [6.45, 7) is 1.23. The van der Waals surface area contributed by atoms with Crippen LogP contribution in [-0.4, -0.2) is 56.2 Å². The van der Waals surface area contributed by atoms with Crippen molar-refractivity contribution in [1.29, 1.82) is 0 Å². The number of aliphatic carboxylic acids is 2. The van der Waals surface area contributed by atoms with Gasteiger partial charge in [-0.1, -0.05) is 15.9 Å². The van der Waals surface area contributed by atoms with E-state index < -0.39 is 18.0 Å². The van der Waals surface area contributed by atoms with Crippen LogP contribution in [-0.2, 0) is 16.1 Å². The van der Waals surface area contributed by atoms with E-state index in [1.165, 1.54) is 0 Å². The van der Waals surface area contributed by atoms with Gasteiger partial charge in [0, 0.05) is 51.7 Å². The molecule has 1 aliphatic rings. The molecule has 6 nitrogen and oxygen atoms in total. The molecule has 1 saturated heterocycles. The van der Waals surface area contributed by atoms with Crippen LogP contribution in [0.1, 0.15) is 11.6 Å². The van der Waals surface area contributed by atoms with E-state index in [4.69, 9.17) is 5.11 Å². The summed E-state index contributed by atoms with van der Waals surface area (Å²) in [5.74, 6) is -0.0541. The van der Waals surface area contributed by atoms with Crippen molar-refractivity contribution in [2.24, 2.45) is 0 Å². The third kappa shape index (κ3) is 3.45. The van der Waals surface area contributed by atoms with Crippen LogP contribution in [0, 0.1) is 0 Å². The van der Waals surface area contributed by atoms with Gasteiger partial charge in [-0.25, -0.2) is 0 Å². The fourth-order valence-electron chi connectivity index (χ4n) is 3.11. The summed E-state index contributed by atoms with van der Waals surface area (Å²) in [6.07, 6.45) is 1.67. The van der Waals surface area contributed by atoms with Crippen molar-refractivity contribution in [3.05, 3.63) is 34.4 Å². The lowest BCUT2D eigenvalue weighted by Gasteiger charge is -2.31. The highest BCUT2D eigenvalue weighted by Crippen LogP contribution is 2.33. The van der Waals surface area contributed by atoms with Gasteiger partial charge in [-0.15, -0.1) is 0 Å². The molecule has 128 valence electrons. The average molecular weight is 413 g/mol. The van der Waals surface area contributed by atoms with Crippen molar-refractivity contribution < 1.29 is 19.8 Å². The summed E-state index contributed by atoms with van der Waals surface area (Å²) in [4.78, 5) is 25.1. The summed E-state index contributed by atoms with van der Waals surface area (Å²) < 4.78 is 2.44. The maximum atomic E-state index is 12.0. The molecular formula is C16H17BrN2O4S. The molecule has 1 atom stereocenters. The normalized spacial score (nSPS) is 17.0. The van der Waals surface area contributed by atoms with E-state index >= 15 is 0 Å². The highest BCUT2D eigenvalue weighted by molar-refractivity contribution is 9.10. The van der Waals surface area contributed by atoms with Gasteiger partial charge >= 0.3 is 11.9 Å². The molecule has 2 N–H and O–H groups in total. The maximum absolute atomic E-state index is 12.0. The summed E-state index contributed by atoms with van der Waals surface area (Å²) in [5.41, 5.74) is 1.38. The molecule has 0 amide bonds. The molecule has 0 unspecified atom stereocenters. The number of carboxylic acid groups (broad SMARTS) is 2. The van der Waals surface area contributed by atoms with Crippen LogP contribution in [0.5, 0.6) is 0 Å². The summed E-state index contributed by atoms with van der Waals surface area (Å²) >= 11 is 5.24. The third-order valence-corrected chi connectivity index (χ3v) is 5.55. The van der Waals surface area contributed by atoms with E-state index in [2.05, 4.69) is 15.9 Å². The van der Waals surface area contributed by atoms with Gasteiger partial charge in [0.1, 0.15) is 12.6 Å². The van der Waals surface area contributed by atoms with Crippen LogP contribution in [0.4, 0.5) is 0 Å². The van der Waals surface area contributed by atoms with E-state index in [9.17, 15) is 14.7 Å². The monoisotopic (exact) mass is 412 g/mol. The molecule has 0 spiro atoms. The molecule has 2 heterocycles. The van der Waals surface area contributed by atoms with Crippen LogP contribution < -0.4 is 0 Å². The van der Waals surface area contributed by atoms with Gasteiger partial charge in [-0.05, 0) is 18.2 Å². The van der Waals surface area contributed by atoms with E-state index in [1.807, 2.05) is 34.9 Å². The van der Waals surface area contributed by atoms with Gasteiger partial charge in [0.2, 0.25) is 0 Å². The Kier molecular flexibility index (Phi) is 5.17. The second kappa shape index (κ2) is 7.16. The molecule has 24 heavy (non-hydrogen) atoms. The second-order valence-corrected chi connectivity index (χ2v) is 7.80. The van der Waals surface area contributed by atoms with Crippen LogP contribution in [0.2, 0.25) is 0 Å². The third-order valence-electron chi connectivity index (χ3n) is 4.12. The molecule has 8 heteroatoms. The lowest BCUT2D eigenvalue weighted by Crippen LogP contribution is -2.39. The van der Waals surface area contributed by atoms with Crippen molar-refractivity contribution in [2.75, 3.05) is 24.6 Å². The molecule has 1 aliphatic heterocycles.